The van der Waals surface area contributed by atoms with Crippen molar-refractivity contribution in [3.05, 3.63) is 87.7 Å². The van der Waals surface area contributed by atoms with E-state index >= 15 is 0 Å². The molecular formula is C30H37N5O2. The van der Waals surface area contributed by atoms with Crippen LogP contribution in [0.1, 0.15) is 71.7 Å². The summed E-state index contributed by atoms with van der Waals surface area (Å²) in [5, 5.41) is 18.3. The number of carbonyl (C=O) groups is 1. The van der Waals surface area contributed by atoms with Gasteiger partial charge in [-0.2, -0.15) is 0 Å². The molecule has 0 saturated heterocycles. The van der Waals surface area contributed by atoms with Gasteiger partial charge in [-0.15, -0.1) is 5.10 Å². The Morgan fingerprint density at radius 3 is 2.59 bits per heavy atom. The number of fused-ring (bicyclic) bond motifs is 1. The second-order valence-corrected chi connectivity index (χ2v) is 9.86. The number of aliphatic carboxylic acids is 1. The van der Waals surface area contributed by atoms with Crippen molar-refractivity contribution in [2.45, 2.75) is 66.0 Å². The minimum atomic E-state index is -0.819. The molecule has 2 aromatic carbocycles. The van der Waals surface area contributed by atoms with Crippen LogP contribution in [0.15, 0.2) is 48.7 Å². The highest BCUT2D eigenvalue weighted by molar-refractivity contribution is 5.80. The van der Waals surface area contributed by atoms with Crippen molar-refractivity contribution in [2.24, 2.45) is 7.05 Å². The van der Waals surface area contributed by atoms with E-state index in [1.165, 1.54) is 22.4 Å². The largest absolute Gasteiger partial charge is 0.481 e. The van der Waals surface area contributed by atoms with Gasteiger partial charge in [-0.3, -0.25) is 14.7 Å². The van der Waals surface area contributed by atoms with Gasteiger partial charge < -0.3 is 5.11 Å². The second kappa shape index (κ2) is 11.6. The Balaban J connectivity index is 1.67. The summed E-state index contributed by atoms with van der Waals surface area (Å²) in [6.07, 6.45) is 3.95. The maximum atomic E-state index is 12.0. The van der Waals surface area contributed by atoms with Crippen LogP contribution in [0.5, 0.6) is 0 Å². The van der Waals surface area contributed by atoms with Crippen LogP contribution >= 0.6 is 0 Å². The highest BCUT2D eigenvalue weighted by Crippen LogP contribution is 2.34. The van der Waals surface area contributed by atoms with Crippen LogP contribution in [0, 0.1) is 13.8 Å². The molecule has 1 atom stereocenters. The first-order valence-electron chi connectivity index (χ1n) is 13.1. The minimum absolute atomic E-state index is 0.0165. The highest BCUT2D eigenvalue weighted by atomic mass is 16.4. The Morgan fingerprint density at radius 2 is 1.86 bits per heavy atom. The van der Waals surface area contributed by atoms with Crippen molar-refractivity contribution < 1.29 is 9.90 Å². The lowest BCUT2D eigenvalue weighted by molar-refractivity contribution is -0.137. The molecule has 7 heteroatoms. The summed E-state index contributed by atoms with van der Waals surface area (Å²) >= 11 is 0. The van der Waals surface area contributed by atoms with Crippen LogP contribution in [0.25, 0.3) is 11.0 Å². The normalized spacial score (nSPS) is 12.4. The molecule has 0 saturated carbocycles. The number of benzene rings is 2. The van der Waals surface area contributed by atoms with Crippen LogP contribution in [0.2, 0.25) is 0 Å². The molecule has 0 radical (unpaired) electrons. The van der Waals surface area contributed by atoms with Crippen molar-refractivity contribution in [2.75, 3.05) is 6.54 Å². The van der Waals surface area contributed by atoms with E-state index in [1.807, 2.05) is 38.4 Å². The maximum absolute atomic E-state index is 12.0. The molecule has 194 valence electrons. The summed E-state index contributed by atoms with van der Waals surface area (Å²) in [5.74, 6) is -1.09. The Kier molecular flexibility index (Phi) is 8.34. The van der Waals surface area contributed by atoms with Crippen LogP contribution in [-0.2, 0) is 31.4 Å². The SMILES string of the molecule is CCCc1ncccc1CN(CC)Cc1cc(C(CC(=O)O)c2ccc3c(nnn3C)c2C)ccc1C. The van der Waals surface area contributed by atoms with Gasteiger partial charge in [0.25, 0.3) is 0 Å². The zero-order chi connectivity index (χ0) is 26.5. The molecule has 0 aliphatic heterocycles. The van der Waals surface area contributed by atoms with Gasteiger partial charge in [0, 0.05) is 37.9 Å². The van der Waals surface area contributed by atoms with Crippen molar-refractivity contribution in [1.82, 2.24) is 24.9 Å². The van der Waals surface area contributed by atoms with Crippen molar-refractivity contribution in [3.63, 3.8) is 0 Å². The summed E-state index contributed by atoms with van der Waals surface area (Å²) in [5.41, 5.74) is 9.61. The predicted octanol–water partition coefficient (Wildman–Crippen LogP) is 5.56. The monoisotopic (exact) mass is 499 g/mol. The summed E-state index contributed by atoms with van der Waals surface area (Å²) in [6, 6.07) is 14.6. The summed E-state index contributed by atoms with van der Waals surface area (Å²) in [7, 11) is 1.87. The number of aromatic nitrogens is 4. The van der Waals surface area contributed by atoms with Crippen molar-refractivity contribution >= 4 is 17.0 Å². The van der Waals surface area contributed by atoms with Crippen LogP contribution in [0.4, 0.5) is 0 Å². The fourth-order valence-electron chi connectivity index (χ4n) is 5.13. The van der Waals surface area contributed by atoms with Gasteiger partial charge in [0.2, 0.25) is 0 Å². The lowest BCUT2D eigenvalue weighted by Crippen LogP contribution is -2.24. The highest BCUT2D eigenvalue weighted by Gasteiger charge is 2.23. The first-order valence-corrected chi connectivity index (χ1v) is 13.1. The molecule has 0 bridgehead atoms. The molecule has 2 heterocycles. The second-order valence-electron chi connectivity index (χ2n) is 9.86. The zero-order valence-corrected chi connectivity index (χ0v) is 22.5. The Hall–Kier alpha value is -3.58. The number of hydrogen-bond acceptors (Lipinski definition) is 5. The number of carboxylic acids is 1. The number of pyridine rings is 1. The molecule has 4 rings (SSSR count). The number of hydrogen-bond donors (Lipinski definition) is 1. The lowest BCUT2D eigenvalue weighted by Gasteiger charge is -2.24. The van der Waals surface area contributed by atoms with E-state index in [1.54, 1.807) is 4.68 Å². The van der Waals surface area contributed by atoms with Crippen LogP contribution < -0.4 is 0 Å². The summed E-state index contributed by atoms with van der Waals surface area (Å²) in [4.78, 5) is 19.0. The molecule has 0 aliphatic rings. The average Bonchev–Trinajstić information content (AvgIpc) is 3.26. The number of nitrogens with zero attached hydrogens (tertiary/aromatic N) is 5. The Bertz CT molecular complexity index is 1390. The Morgan fingerprint density at radius 1 is 1.08 bits per heavy atom. The smallest absolute Gasteiger partial charge is 0.304 e. The van der Waals surface area contributed by atoms with E-state index in [0.717, 1.165) is 60.2 Å². The first kappa shape index (κ1) is 26.5. The van der Waals surface area contributed by atoms with Gasteiger partial charge in [0.1, 0.15) is 5.52 Å². The van der Waals surface area contributed by atoms with E-state index in [9.17, 15) is 9.90 Å². The molecule has 4 aromatic rings. The first-order chi connectivity index (χ1) is 17.8. The zero-order valence-electron chi connectivity index (χ0n) is 22.5. The van der Waals surface area contributed by atoms with E-state index in [0.29, 0.717) is 0 Å². The average molecular weight is 500 g/mol. The van der Waals surface area contributed by atoms with E-state index < -0.39 is 5.97 Å². The molecule has 37 heavy (non-hydrogen) atoms. The predicted molar refractivity (Wildman–Crippen MR) is 147 cm³/mol. The topological polar surface area (TPSA) is 84.1 Å². The quantitative estimate of drug-likeness (QED) is 0.291. The maximum Gasteiger partial charge on any atom is 0.304 e. The molecule has 7 nitrogen and oxygen atoms in total. The molecule has 0 aliphatic carbocycles. The van der Waals surface area contributed by atoms with Gasteiger partial charge in [-0.1, -0.05) is 55.8 Å². The van der Waals surface area contributed by atoms with Gasteiger partial charge in [0.15, 0.2) is 0 Å². The van der Waals surface area contributed by atoms with Gasteiger partial charge in [-0.25, -0.2) is 4.68 Å². The number of aryl methyl sites for hydroxylation is 4. The van der Waals surface area contributed by atoms with Crippen molar-refractivity contribution in [1.29, 1.82) is 0 Å². The Labute approximate surface area is 219 Å². The third-order valence-corrected chi connectivity index (χ3v) is 7.32. The third-order valence-electron chi connectivity index (χ3n) is 7.32. The van der Waals surface area contributed by atoms with Crippen LogP contribution in [-0.4, -0.2) is 42.5 Å². The number of rotatable bonds is 11. The standard InChI is InChI=1S/C30H37N5O2/c1-6-9-27-23(10-8-15-31-27)18-35(7-2)19-24-16-22(12-11-20(24)3)26(17-29(36)37)25-13-14-28-30(21(25)4)32-33-34(28)5/h8,10-16,26H,6-7,9,17-19H2,1-5H3,(H,36,37). The minimum Gasteiger partial charge on any atom is -0.481 e. The molecule has 2 aromatic heterocycles. The number of carboxylic acid groups (broad SMARTS) is 1. The molecule has 1 unspecified atom stereocenters. The van der Waals surface area contributed by atoms with Gasteiger partial charge in [0.05, 0.1) is 11.9 Å². The van der Waals surface area contributed by atoms with Crippen molar-refractivity contribution in [3.8, 4) is 0 Å². The molecular weight excluding hydrogens is 462 g/mol. The lowest BCUT2D eigenvalue weighted by atomic mass is 9.84. The fourth-order valence-corrected chi connectivity index (χ4v) is 5.13. The van der Waals surface area contributed by atoms with Gasteiger partial charge in [-0.05, 0) is 72.3 Å². The molecule has 0 spiro atoms. The molecule has 0 fully saturated rings. The summed E-state index contributed by atoms with van der Waals surface area (Å²) < 4.78 is 1.75. The summed E-state index contributed by atoms with van der Waals surface area (Å²) in [6.45, 7) is 11.0. The third kappa shape index (κ3) is 5.88. The van der Waals surface area contributed by atoms with Crippen LogP contribution in [0.3, 0.4) is 0 Å². The molecule has 1 N–H and O–H groups in total. The van der Waals surface area contributed by atoms with E-state index in [-0.39, 0.29) is 12.3 Å². The van der Waals surface area contributed by atoms with E-state index in [2.05, 4.69) is 65.2 Å². The van der Waals surface area contributed by atoms with Gasteiger partial charge >= 0.3 is 5.97 Å². The molecule has 0 amide bonds. The fraction of sp³-hybridized carbons (Fsp3) is 0.400. The van der Waals surface area contributed by atoms with E-state index in [4.69, 9.17) is 0 Å².